The van der Waals surface area contributed by atoms with E-state index in [0.29, 0.717) is 15.2 Å². The summed E-state index contributed by atoms with van der Waals surface area (Å²) in [6, 6.07) is 0. The van der Waals surface area contributed by atoms with Crippen LogP contribution in [0.4, 0.5) is 0 Å². The molecule has 1 aromatic rings. The number of aliphatic hydroxyl groups excluding tert-OH is 1. The normalized spacial score (nSPS) is 20.0. The Labute approximate surface area is 152 Å². The molecule has 2 heterocycles. The van der Waals surface area contributed by atoms with E-state index in [1.807, 2.05) is 0 Å². The number of halogens is 2. The lowest BCUT2D eigenvalue weighted by Crippen LogP contribution is -2.29. The Kier molecular flexibility index (Phi) is 4.43. The number of hydrogen-bond donors (Lipinski definition) is 2. The van der Waals surface area contributed by atoms with Gasteiger partial charge in [-0.3, -0.25) is 20.1 Å². The first kappa shape index (κ1) is 17.3. The Bertz CT molecular complexity index is 1030. The van der Waals surface area contributed by atoms with Crippen LogP contribution in [0.5, 0.6) is 0 Å². The molecule has 0 bridgehead atoms. The highest BCUT2D eigenvalue weighted by Gasteiger charge is 2.30. The first-order valence-corrected chi connectivity index (χ1v) is 7.93. The van der Waals surface area contributed by atoms with Gasteiger partial charge in [-0.05, 0) is 17.6 Å². The summed E-state index contributed by atoms with van der Waals surface area (Å²) in [5.41, 5.74) is -0.403. The molecule has 12 heteroatoms. The summed E-state index contributed by atoms with van der Waals surface area (Å²) in [7, 11) is 0. The second-order valence-electron chi connectivity index (χ2n) is 4.76. The average molecular weight is 401 g/mol. The summed E-state index contributed by atoms with van der Waals surface area (Å²) in [6.45, 7) is 0. The van der Waals surface area contributed by atoms with Crippen LogP contribution in [-0.2, 0) is 4.79 Å². The number of rotatable bonds is 1. The van der Waals surface area contributed by atoms with Crippen LogP contribution in [0.25, 0.3) is 11.1 Å². The molecule has 0 saturated heterocycles. The van der Waals surface area contributed by atoms with Gasteiger partial charge in [-0.25, -0.2) is 5.06 Å². The standard InChI is InChI=1S/C13H6Cl2N4O5S/c14-6-3-18(22)4-7(15)10(6)13-11(16-17-25-13)5-1-8(19(23)24)12(21)9(20)2-5/h1-4,20,22H. The Balaban J connectivity index is 2.38. The molecule has 0 radical (unpaired) electrons. The van der Waals surface area contributed by atoms with E-state index in [4.69, 9.17) is 23.2 Å². The Morgan fingerprint density at radius 2 is 1.88 bits per heavy atom. The number of carbonyl (C=O) groups excluding carboxylic acids is 1. The van der Waals surface area contributed by atoms with Crippen molar-refractivity contribution < 1.29 is 20.0 Å². The molecule has 9 nitrogen and oxygen atoms in total. The van der Waals surface area contributed by atoms with Crippen LogP contribution in [0.3, 0.4) is 0 Å². The van der Waals surface area contributed by atoms with Crippen LogP contribution in [0.2, 0.25) is 0 Å². The smallest absolute Gasteiger partial charge is 0.320 e. The number of carbonyl (C=O) groups is 1. The molecule has 1 aliphatic carbocycles. The highest BCUT2D eigenvalue weighted by molar-refractivity contribution is 7.03. The summed E-state index contributed by atoms with van der Waals surface area (Å²) < 4.78 is 4.13. The fourth-order valence-corrected chi connectivity index (χ4v) is 3.66. The van der Waals surface area contributed by atoms with Gasteiger partial charge in [0.15, 0.2) is 5.76 Å². The molecule has 1 aliphatic heterocycles. The third-order valence-electron chi connectivity index (χ3n) is 3.20. The number of Topliss-reactive ketones (excluding diaryl/α,β-unsaturated/α-hetero) is 1. The molecule has 0 aromatic carbocycles. The van der Waals surface area contributed by atoms with Crippen molar-refractivity contribution in [1.29, 1.82) is 0 Å². The monoisotopic (exact) mass is 400 g/mol. The van der Waals surface area contributed by atoms with E-state index in [0.717, 1.165) is 23.7 Å². The molecule has 0 unspecified atom stereocenters. The molecule has 0 atom stereocenters. The predicted octanol–water partition coefficient (Wildman–Crippen LogP) is 0.890. The number of hydrogen-bond acceptors (Lipinski definition) is 9. The minimum atomic E-state index is -1.10. The number of nitro groups is 1. The van der Waals surface area contributed by atoms with Crippen LogP contribution >= 0.6 is 34.7 Å². The van der Waals surface area contributed by atoms with Crippen LogP contribution < -0.4 is 9.88 Å². The van der Waals surface area contributed by atoms with Crippen LogP contribution in [0.15, 0.2) is 46.1 Å². The summed E-state index contributed by atoms with van der Waals surface area (Å²) in [5.74, 6) is -1.89. The lowest BCUT2D eigenvalue weighted by molar-refractivity contribution is -0.418. The SMILES string of the molecule is O=C1C(O)=CC(=c2nnsc2=C2C(Cl)=CN(O)C=C2Cl)C=C1[N+](=O)[O-]. The van der Waals surface area contributed by atoms with Crippen molar-refractivity contribution in [3.8, 4) is 0 Å². The van der Waals surface area contributed by atoms with E-state index in [1.54, 1.807) is 0 Å². The number of aromatic nitrogens is 2. The van der Waals surface area contributed by atoms with Crippen LogP contribution in [-0.4, -0.2) is 35.7 Å². The maximum atomic E-state index is 11.6. The van der Waals surface area contributed by atoms with Crippen molar-refractivity contribution in [2.24, 2.45) is 0 Å². The molecule has 3 rings (SSSR count). The summed E-state index contributed by atoms with van der Waals surface area (Å²) in [5, 5.41) is 35.0. The van der Waals surface area contributed by atoms with Crippen molar-refractivity contribution in [3.63, 3.8) is 0 Å². The zero-order valence-electron chi connectivity index (χ0n) is 11.9. The Hall–Kier alpha value is -2.53. The maximum absolute atomic E-state index is 11.6. The summed E-state index contributed by atoms with van der Waals surface area (Å²) in [6.07, 6.45) is 4.41. The van der Waals surface area contributed by atoms with Gasteiger partial charge in [0.1, 0.15) is 5.35 Å². The van der Waals surface area contributed by atoms with Crippen molar-refractivity contribution in [1.82, 2.24) is 14.7 Å². The Morgan fingerprint density at radius 1 is 1.24 bits per heavy atom. The molecular weight excluding hydrogens is 395 g/mol. The summed E-state index contributed by atoms with van der Waals surface area (Å²) >= 11 is 13.1. The van der Waals surface area contributed by atoms with E-state index in [2.05, 4.69) is 9.59 Å². The van der Waals surface area contributed by atoms with Gasteiger partial charge in [0, 0.05) is 17.2 Å². The number of ketones is 1. The molecule has 0 amide bonds. The second kappa shape index (κ2) is 6.41. The van der Waals surface area contributed by atoms with E-state index in [9.17, 15) is 25.2 Å². The molecule has 0 saturated carbocycles. The maximum Gasteiger partial charge on any atom is 0.320 e. The van der Waals surface area contributed by atoms with Crippen molar-refractivity contribution in [3.05, 3.63) is 66.1 Å². The van der Waals surface area contributed by atoms with Gasteiger partial charge in [-0.1, -0.05) is 27.7 Å². The van der Waals surface area contributed by atoms with Crippen molar-refractivity contribution in [2.75, 3.05) is 0 Å². The largest absolute Gasteiger partial charge is 0.504 e. The summed E-state index contributed by atoms with van der Waals surface area (Å²) in [4.78, 5) is 21.7. The molecule has 2 N–H and O–H groups in total. The zero-order valence-corrected chi connectivity index (χ0v) is 14.2. The van der Waals surface area contributed by atoms with Crippen LogP contribution in [0.1, 0.15) is 0 Å². The van der Waals surface area contributed by atoms with E-state index < -0.39 is 22.2 Å². The van der Waals surface area contributed by atoms with Gasteiger partial charge in [0.05, 0.1) is 31.9 Å². The van der Waals surface area contributed by atoms with Gasteiger partial charge in [-0.2, -0.15) is 0 Å². The van der Waals surface area contributed by atoms with E-state index >= 15 is 0 Å². The number of hydroxylamine groups is 2. The third kappa shape index (κ3) is 3.07. The van der Waals surface area contributed by atoms with Crippen molar-refractivity contribution >= 4 is 51.7 Å². The second-order valence-corrected chi connectivity index (χ2v) is 6.33. The Morgan fingerprint density at radius 3 is 2.48 bits per heavy atom. The van der Waals surface area contributed by atoms with Crippen molar-refractivity contribution in [2.45, 2.75) is 0 Å². The number of nitrogens with zero attached hydrogens (tertiary/aromatic N) is 4. The molecule has 25 heavy (non-hydrogen) atoms. The fraction of sp³-hybridized carbons (Fsp3) is 0. The van der Waals surface area contributed by atoms with E-state index in [1.165, 1.54) is 12.4 Å². The highest BCUT2D eigenvalue weighted by Crippen LogP contribution is 2.30. The predicted molar refractivity (Wildman–Crippen MR) is 88.3 cm³/mol. The molecule has 0 spiro atoms. The first-order valence-electron chi connectivity index (χ1n) is 6.40. The third-order valence-corrected chi connectivity index (χ3v) is 4.52. The number of allylic oxidation sites excluding steroid dienone is 4. The van der Waals surface area contributed by atoms with Gasteiger partial charge in [-0.15, -0.1) is 5.10 Å². The first-order chi connectivity index (χ1) is 11.8. The minimum absolute atomic E-state index is 0.0847. The molecule has 128 valence electrons. The zero-order chi connectivity index (χ0) is 18.3. The average Bonchev–Trinajstić information content (AvgIpc) is 2.97. The molecule has 2 aliphatic rings. The quantitative estimate of drug-likeness (QED) is 0.524. The number of aliphatic hydroxyl groups is 1. The molecular formula is C13H6Cl2N4O5S. The van der Waals surface area contributed by atoms with Gasteiger partial charge >= 0.3 is 5.70 Å². The fourth-order valence-electron chi connectivity index (χ4n) is 2.14. The minimum Gasteiger partial charge on any atom is -0.504 e. The van der Waals surface area contributed by atoms with Gasteiger partial charge in [0.25, 0.3) is 5.78 Å². The van der Waals surface area contributed by atoms with Gasteiger partial charge < -0.3 is 5.11 Å². The highest BCUT2D eigenvalue weighted by atomic mass is 35.5. The lowest BCUT2D eigenvalue weighted by Gasteiger charge is -2.15. The molecule has 0 fully saturated rings. The van der Waals surface area contributed by atoms with E-state index in [-0.39, 0.29) is 21.0 Å². The van der Waals surface area contributed by atoms with Gasteiger partial charge in [0.2, 0.25) is 0 Å². The lowest BCUT2D eigenvalue weighted by atomic mass is 10.0. The topological polar surface area (TPSA) is 130 Å². The van der Waals surface area contributed by atoms with Crippen LogP contribution in [0, 0.1) is 10.1 Å². The molecule has 1 aromatic heterocycles.